The standard InChI is InChI=1S/C22H20I3N5OS/c1-2-12-4-7-29(11-12)20-15(23)10-14(19(25)28-20)21-27-16-5-8-30(22(31)18(16)32-21)13-3-6-26-17(24)9-13/h3,6,9-10,12H,2,4-5,7-8,11H2,1H3/t12-/m1/s1. The van der Waals surface area contributed by atoms with Crippen LogP contribution in [0.3, 0.4) is 0 Å². The minimum absolute atomic E-state index is 0.0222. The molecule has 0 aliphatic carbocycles. The predicted octanol–water partition coefficient (Wildman–Crippen LogP) is 5.85. The molecule has 1 saturated heterocycles. The van der Waals surface area contributed by atoms with E-state index in [1.54, 1.807) is 6.20 Å². The first-order valence-corrected chi connectivity index (χ1v) is 14.5. The molecule has 2 aliphatic heterocycles. The van der Waals surface area contributed by atoms with Gasteiger partial charge in [0, 0.05) is 43.5 Å². The Balaban J connectivity index is 1.45. The highest BCUT2D eigenvalue weighted by atomic mass is 127. The van der Waals surface area contributed by atoms with Crippen molar-refractivity contribution < 1.29 is 4.79 Å². The van der Waals surface area contributed by atoms with Gasteiger partial charge in [-0.15, -0.1) is 11.3 Å². The molecule has 0 radical (unpaired) electrons. The van der Waals surface area contributed by atoms with Crippen LogP contribution in [-0.4, -0.2) is 40.5 Å². The number of hydrogen-bond acceptors (Lipinski definition) is 6. The van der Waals surface area contributed by atoms with E-state index in [-0.39, 0.29) is 5.91 Å². The summed E-state index contributed by atoms with van der Waals surface area (Å²) in [7, 11) is 0. The van der Waals surface area contributed by atoms with E-state index in [0.29, 0.717) is 6.54 Å². The summed E-state index contributed by atoms with van der Waals surface area (Å²) in [4.78, 5) is 32.3. The van der Waals surface area contributed by atoms with Gasteiger partial charge in [0.25, 0.3) is 5.91 Å². The molecule has 6 nitrogen and oxygen atoms in total. The van der Waals surface area contributed by atoms with Crippen molar-refractivity contribution in [2.45, 2.75) is 26.2 Å². The molecule has 0 spiro atoms. The predicted molar refractivity (Wildman–Crippen MR) is 154 cm³/mol. The van der Waals surface area contributed by atoms with E-state index in [9.17, 15) is 4.79 Å². The second-order valence-corrected chi connectivity index (χ2v) is 12.3. The minimum atomic E-state index is 0.0222. The van der Waals surface area contributed by atoms with E-state index in [1.165, 1.54) is 24.2 Å². The van der Waals surface area contributed by atoms with Gasteiger partial charge in [-0.25, -0.2) is 9.97 Å². The summed E-state index contributed by atoms with van der Waals surface area (Å²) in [6.07, 6.45) is 4.96. The average molecular weight is 783 g/mol. The van der Waals surface area contributed by atoms with Crippen LogP contribution < -0.4 is 9.80 Å². The number of anilines is 2. The third kappa shape index (κ3) is 4.40. The molecule has 1 amide bonds. The monoisotopic (exact) mass is 783 g/mol. The fourth-order valence-corrected chi connectivity index (χ4v) is 7.39. The second kappa shape index (κ2) is 9.56. The van der Waals surface area contributed by atoms with Gasteiger partial charge in [0.15, 0.2) is 0 Å². The Morgan fingerprint density at radius 3 is 2.78 bits per heavy atom. The van der Waals surface area contributed by atoms with Crippen molar-refractivity contribution in [1.29, 1.82) is 0 Å². The molecule has 1 atom stereocenters. The summed E-state index contributed by atoms with van der Waals surface area (Å²) in [6, 6.07) is 6.02. The van der Waals surface area contributed by atoms with Crippen molar-refractivity contribution in [2.75, 3.05) is 29.4 Å². The lowest BCUT2D eigenvalue weighted by Gasteiger charge is -2.25. The molecule has 3 aromatic heterocycles. The maximum Gasteiger partial charge on any atom is 0.270 e. The molecule has 0 bridgehead atoms. The molecule has 166 valence electrons. The fraction of sp³-hybridized carbons (Fsp3) is 0.364. The minimum Gasteiger partial charge on any atom is -0.355 e. The maximum atomic E-state index is 13.3. The summed E-state index contributed by atoms with van der Waals surface area (Å²) in [5.74, 6) is 1.85. The molecular weight excluding hydrogens is 763 g/mol. The van der Waals surface area contributed by atoms with Crippen LogP contribution in [0.2, 0.25) is 0 Å². The van der Waals surface area contributed by atoms with Crippen molar-refractivity contribution >= 4 is 96.5 Å². The first kappa shape index (κ1) is 23.1. The first-order valence-electron chi connectivity index (χ1n) is 10.5. The van der Waals surface area contributed by atoms with Crippen molar-refractivity contribution in [3.05, 3.63) is 45.9 Å². The van der Waals surface area contributed by atoms with Gasteiger partial charge < -0.3 is 9.80 Å². The molecular formula is C22H20I3N5OS. The first-order chi connectivity index (χ1) is 15.4. The molecule has 0 saturated carbocycles. The molecule has 0 N–H and O–H groups in total. The topological polar surface area (TPSA) is 62.2 Å². The Labute approximate surface area is 232 Å². The summed E-state index contributed by atoms with van der Waals surface area (Å²) in [6.45, 7) is 5.05. The van der Waals surface area contributed by atoms with E-state index in [2.05, 4.69) is 90.6 Å². The number of rotatable bonds is 4. The number of pyridine rings is 2. The van der Waals surface area contributed by atoms with Crippen LogP contribution in [-0.2, 0) is 6.42 Å². The number of nitrogens with zero attached hydrogens (tertiary/aromatic N) is 5. The summed E-state index contributed by atoms with van der Waals surface area (Å²) in [5.41, 5.74) is 2.80. The van der Waals surface area contributed by atoms with Crippen molar-refractivity contribution in [2.24, 2.45) is 5.92 Å². The summed E-state index contributed by atoms with van der Waals surface area (Å²) >= 11 is 8.36. The van der Waals surface area contributed by atoms with Gasteiger partial charge in [-0.2, -0.15) is 0 Å². The van der Waals surface area contributed by atoms with Crippen LogP contribution in [0.1, 0.15) is 35.1 Å². The fourth-order valence-electron chi connectivity index (χ4n) is 4.24. The van der Waals surface area contributed by atoms with E-state index < -0.39 is 0 Å². The highest BCUT2D eigenvalue weighted by molar-refractivity contribution is 14.1. The highest BCUT2D eigenvalue weighted by Gasteiger charge is 2.31. The number of carbonyl (C=O) groups excluding carboxylic acids is 1. The van der Waals surface area contributed by atoms with Gasteiger partial charge in [-0.1, -0.05) is 13.3 Å². The zero-order valence-electron chi connectivity index (χ0n) is 17.3. The second-order valence-electron chi connectivity index (χ2n) is 7.98. The van der Waals surface area contributed by atoms with Crippen LogP contribution in [0.15, 0.2) is 24.4 Å². The SMILES string of the molecule is CC[C@@H]1CCN(c2nc(I)c(-c3nc4c(s3)C(=O)N(c3ccnc(I)c3)CC4)cc2I)C1. The molecule has 2 aliphatic rings. The number of hydrogen-bond donors (Lipinski definition) is 0. The molecule has 5 heterocycles. The summed E-state index contributed by atoms with van der Waals surface area (Å²) in [5, 5.41) is 0.878. The Bertz CT molecular complexity index is 1200. The molecule has 32 heavy (non-hydrogen) atoms. The third-order valence-electron chi connectivity index (χ3n) is 6.03. The molecule has 5 rings (SSSR count). The number of carbonyl (C=O) groups is 1. The summed E-state index contributed by atoms with van der Waals surface area (Å²) < 4.78 is 2.96. The average Bonchev–Trinajstić information content (AvgIpc) is 3.43. The van der Waals surface area contributed by atoms with Crippen LogP contribution >= 0.6 is 79.1 Å². The van der Waals surface area contributed by atoms with Gasteiger partial charge in [-0.3, -0.25) is 9.78 Å². The van der Waals surface area contributed by atoms with Gasteiger partial charge >= 0.3 is 0 Å². The van der Waals surface area contributed by atoms with E-state index in [1.807, 2.05) is 17.0 Å². The number of aromatic nitrogens is 3. The highest BCUT2D eigenvalue weighted by Crippen LogP contribution is 2.38. The van der Waals surface area contributed by atoms with Gasteiger partial charge in [0.1, 0.15) is 23.1 Å². The lowest BCUT2D eigenvalue weighted by molar-refractivity contribution is 0.0984. The normalized spacial score (nSPS) is 18.4. The van der Waals surface area contributed by atoms with Crippen molar-refractivity contribution in [3.63, 3.8) is 0 Å². The van der Waals surface area contributed by atoms with Gasteiger partial charge in [0.2, 0.25) is 0 Å². The van der Waals surface area contributed by atoms with Crippen LogP contribution in [0.5, 0.6) is 0 Å². The van der Waals surface area contributed by atoms with E-state index >= 15 is 0 Å². The Hall–Kier alpha value is -0.610. The molecule has 3 aromatic rings. The van der Waals surface area contributed by atoms with Crippen LogP contribution in [0.4, 0.5) is 11.5 Å². The zero-order valence-corrected chi connectivity index (χ0v) is 24.6. The number of fused-ring (bicyclic) bond motifs is 1. The lowest BCUT2D eigenvalue weighted by Crippen LogP contribution is -2.37. The van der Waals surface area contributed by atoms with E-state index in [4.69, 9.17) is 9.97 Å². The Morgan fingerprint density at radius 2 is 2.03 bits per heavy atom. The smallest absolute Gasteiger partial charge is 0.270 e. The van der Waals surface area contributed by atoms with Crippen LogP contribution in [0.25, 0.3) is 10.6 Å². The zero-order chi connectivity index (χ0) is 22.4. The number of thiazole rings is 1. The van der Waals surface area contributed by atoms with Gasteiger partial charge in [0.05, 0.1) is 9.26 Å². The third-order valence-corrected chi connectivity index (χ3v) is 9.36. The molecule has 0 aromatic carbocycles. The molecule has 10 heteroatoms. The van der Waals surface area contributed by atoms with Crippen LogP contribution in [0, 0.1) is 16.9 Å². The quantitative estimate of drug-likeness (QED) is 0.246. The maximum absolute atomic E-state index is 13.3. The Morgan fingerprint density at radius 1 is 1.19 bits per heavy atom. The molecule has 0 unspecified atom stereocenters. The number of amides is 1. The van der Waals surface area contributed by atoms with E-state index in [0.717, 1.165) is 69.0 Å². The lowest BCUT2D eigenvalue weighted by atomic mass is 10.1. The Kier molecular flexibility index (Phi) is 6.92. The largest absolute Gasteiger partial charge is 0.355 e. The van der Waals surface area contributed by atoms with Crippen molar-refractivity contribution in [3.8, 4) is 10.6 Å². The van der Waals surface area contributed by atoms with Gasteiger partial charge in [-0.05, 0) is 98.3 Å². The molecule has 1 fully saturated rings. The van der Waals surface area contributed by atoms with Crippen molar-refractivity contribution in [1.82, 2.24) is 15.0 Å². The number of halogens is 3.